The third-order valence-electron chi connectivity index (χ3n) is 7.43. The molecule has 5 aliphatic rings. The Labute approximate surface area is 186 Å². The molecule has 6 rings (SSSR count). The average molecular weight is 441 g/mol. The summed E-state index contributed by atoms with van der Waals surface area (Å²) < 4.78 is 5.84. The van der Waals surface area contributed by atoms with Crippen molar-refractivity contribution in [1.82, 2.24) is 4.90 Å². The van der Waals surface area contributed by atoms with E-state index >= 15 is 0 Å². The molecular weight excluding hydrogens is 412 g/mol. The largest absolute Gasteiger partial charge is 0.493 e. The number of carbonyl (C=O) groups excluding carboxylic acids is 3. The van der Waals surface area contributed by atoms with Gasteiger partial charge in [-0.3, -0.25) is 19.3 Å². The Morgan fingerprint density at radius 3 is 2.42 bits per heavy atom. The van der Waals surface area contributed by atoms with Crippen LogP contribution in [0.5, 0.6) is 5.75 Å². The maximum absolute atomic E-state index is 12.7. The summed E-state index contributed by atoms with van der Waals surface area (Å²) in [5.41, 5.74) is 7.57. The van der Waals surface area contributed by atoms with Crippen molar-refractivity contribution >= 4 is 34.9 Å². The second-order valence-corrected chi connectivity index (χ2v) is 10.6. The number of carbonyl (C=O) groups is 3. The predicted molar refractivity (Wildman–Crippen MR) is 119 cm³/mol. The van der Waals surface area contributed by atoms with E-state index in [4.69, 9.17) is 10.5 Å². The summed E-state index contributed by atoms with van der Waals surface area (Å²) >= 11 is 0.846. The van der Waals surface area contributed by atoms with Crippen molar-refractivity contribution in [2.75, 3.05) is 13.2 Å². The molecule has 1 heterocycles. The lowest BCUT2D eigenvalue weighted by Gasteiger charge is -2.57. The summed E-state index contributed by atoms with van der Waals surface area (Å²) in [5.74, 6) is 2.04. The number of ether oxygens (including phenoxy) is 1. The van der Waals surface area contributed by atoms with Crippen molar-refractivity contribution in [3.05, 3.63) is 34.2 Å². The van der Waals surface area contributed by atoms with Crippen LogP contribution < -0.4 is 10.5 Å². The minimum absolute atomic E-state index is 0.230. The first-order valence-electron chi connectivity index (χ1n) is 11.2. The molecule has 4 aliphatic carbocycles. The highest BCUT2D eigenvalue weighted by molar-refractivity contribution is 8.18. The number of imide groups is 1. The summed E-state index contributed by atoms with van der Waals surface area (Å²) in [7, 11) is 0. The molecule has 0 spiro atoms. The van der Waals surface area contributed by atoms with Gasteiger partial charge in [-0.1, -0.05) is 6.07 Å². The van der Waals surface area contributed by atoms with Crippen LogP contribution >= 0.6 is 11.8 Å². The first-order chi connectivity index (χ1) is 14.9. The molecule has 0 atom stereocenters. The number of nitrogens with two attached hydrogens (primary N) is 1. The number of amides is 3. The van der Waals surface area contributed by atoms with Crippen LogP contribution in [0.3, 0.4) is 0 Å². The number of primary amides is 1. The van der Waals surface area contributed by atoms with Gasteiger partial charge in [0.25, 0.3) is 11.1 Å². The van der Waals surface area contributed by atoms with Crippen LogP contribution in [0.2, 0.25) is 0 Å². The minimum Gasteiger partial charge on any atom is -0.493 e. The van der Waals surface area contributed by atoms with E-state index in [9.17, 15) is 14.4 Å². The molecule has 1 aliphatic heterocycles. The predicted octanol–water partition coefficient (Wildman–Crippen LogP) is 4.07. The lowest BCUT2D eigenvalue weighted by Crippen LogP contribution is -2.48. The van der Waals surface area contributed by atoms with Crippen LogP contribution in [0.1, 0.15) is 56.6 Å². The molecule has 4 saturated carbocycles. The summed E-state index contributed by atoms with van der Waals surface area (Å²) in [6.45, 7) is 2.05. The maximum atomic E-state index is 12.7. The van der Waals surface area contributed by atoms with Gasteiger partial charge in [-0.2, -0.15) is 0 Å². The number of benzene rings is 1. The molecule has 1 aromatic rings. The van der Waals surface area contributed by atoms with Crippen LogP contribution in [0.4, 0.5) is 4.79 Å². The van der Waals surface area contributed by atoms with Crippen molar-refractivity contribution in [1.29, 1.82) is 0 Å². The van der Waals surface area contributed by atoms with E-state index in [0.717, 1.165) is 40.0 Å². The molecule has 5 fully saturated rings. The van der Waals surface area contributed by atoms with Gasteiger partial charge < -0.3 is 10.5 Å². The Morgan fingerprint density at radius 1 is 1.19 bits per heavy atom. The highest BCUT2D eigenvalue weighted by Gasteiger charge is 2.51. The number of nitrogens with zero attached hydrogens (tertiary/aromatic N) is 1. The van der Waals surface area contributed by atoms with Crippen LogP contribution in [0.15, 0.2) is 23.1 Å². The molecule has 6 nitrogen and oxygen atoms in total. The molecule has 0 unspecified atom stereocenters. The van der Waals surface area contributed by atoms with E-state index in [-0.39, 0.29) is 5.41 Å². The molecule has 1 aromatic carbocycles. The van der Waals surface area contributed by atoms with Crippen molar-refractivity contribution in [3.63, 3.8) is 0 Å². The molecule has 0 aromatic heterocycles. The van der Waals surface area contributed by atoms with E-state index in [1.807, 2.05) is 13.0 Å². The Kier molecular flexibility index (Phi) is 5.12. The Bertz CT molecular complexity index is 951. The monoisotopic (exact) mass is 440 g/mol. The summed E-state index contributed by atoms with van der Waals surface area (Å²) in [5, 5.41) is -0.467. The molecule has 31 heavy (non-hydrogen) atoms. The van der Waals surface area contributed by atoms with E-state index in [1.54, 1.807) is 6.08 Å². The van der Waals surface area contributed by atoms with E-state index in [1.165, 1.54) is 44.1 Å². The Hall–Kier alpha value is -2.28. The number of rotatable bonds is 6. The number of hydrogen-bond acceptors (Lipinski definition) is 5. The van der Waals surface area contributed by atoms with Gasteiger partial charge >= 0.3 is 0 Å². The fourth-order valence-electron chi connectivity index (χ4n) is 6.68. The Balaban J connectivity index is 1.50. The van der Waals surface area contributed by atoms with E-state index < -0.39 is 23.6 Å². The standard InChI is InChI=1S/C24H28N2O4S/c1-2-30-19-4-3-18(24-10-14-5-15(11-24)7-16(6-14)12-24)8-17(19)9-20-22(28)26(13-21(25)27)23(29)31-20/h3-4,8-9,14-16H,2,5-7,10-13H2,1H3,(H2,25,27)/b20-9-. The van der Waals surface area contributed by atoms with Gasteiger partial charge in [-0.25, -0.2) is 0 Å². The van der Waals surface area contributed by atoms with Gasteiger partial charge in [0.05, 0.1) is 11.5 Å². The number of hydrogen-bond donors (Lipinski definition) is 1. The van der Waals surface area contributed by atoms with Crippen molar-refractivity contribution in [2.45, 2.75) is 50.9 Å². The van der Waals surface area contributed by atoms with Gasteiger partial charge in [-0.15, -0.1) is 0 Å². The quantitative estimate of drug-likeness (QED) is 0.674. The van der Waals surface area contributed by atoms with Crippen molar-refractivity contribution < 1.29 is 19.1 Å². The highest BCUT2D eigenvalue weighted by Crippen LogP contribution is 2.61. The van der Waals surface area contributed by atoms with E-state index in [2.05, 4.69) is 12.1 Å². The zero-order chi connectivity index (χ0) is 21.8. The zero-order valence-electron chi connectivity index (χ0n) is 17.8. The van der Waals surface area contributed by atoms with Crippen molar-refractivity contribution in [2.24, 2.45) is 23.5 Å². The van der Waals surface area contributed by atoms with Gasteiger partial charge in [-0.05, 0) is 104 Å². The fraction of sp³-hybridized carbons (Fsp3) is 0.542. The van der Waals surface area contributed by atoms with Crippen LogP contribution in [-0.4, -0.2) is 35.1 Å². The number of thioether (sulfide) groups is 1. The second-order valence-electron chi connectivity index (χ2n) is 9.62. The molecule has 4 bridgehead atoms. The third-order valence-corrected chi connectivity index (χ3v) is 8.34. The van der Waals surface area contributed by atoms with Crippen LogP contribution in [-0.2, 0) is 15.0 Å². The SMILES string of the molecule is CCOc1ccc(C23CC4CC(CC(C4)C2)C3)cc1/C=C1\SC(=O)N(CC(N)=O)C1=O. The van der Waals surface area contributed by atoms with Gasteiger partial charge in [0.15, 0.2) is 0 Å². The van der Waals surface area contributed by atoms with Gasteiger partial charge in [0, 0.05) is 5.56 Å². The smallest absolute Gasteiger partial charge is 0.294 e. The zero-order valence-corrected chi connectivity index (χ0v) is 18.6. The average Bonchev–Trinajstić information content (AvgIpc) is 2.95. The molecule has 7 heteroatoms. The van der Waals surface area contributed by atoms with Gasteiger partial charge in [0.2, 0.25) is 5.91 Å². The summed E-state index contributed by atoms with van der Waals surface area (Å²) in [4.78, 5) is 37.3. The van der Waals surface area contributed by atoms with Gasteiger partial charge in [0.1, 0.15) is 12.3 Å². The summed E-state index contributed by atoms with van der Waals surface area (Å²) in [6, 6.07) is 6.38. The summed E-state index contributed by atoms with van der Waals surface area (Å²) in [6.07, 6.45) is 9.65. The second kappa shape index (κ2) is 7.69. The van der Waals surface area contributed by atoms with Crippen LogP contribution in [0, 0.1) is 17.8 Å². The lowest BCUT2D eigenvalue weighted by atomic mass is 9.48. The fourth-order valence-corrected chi connectivity index (χ4v) is 7.50. The highest BCUT2D eigenvalue weighted by atomic mass is 32.2. The normalized spacial score (nSPS) is 32.9. The Morgan fingerprint density at radius 2 is 1.84 bits per heavy atom. The molecule has 2 N–H and O–H groups in total. The topological polar surface area (TPSA) is 89.7 Å². The van der Waals surface area contributed by atoms with Crippen LogP contribution in [0.25, 0.3) is 6.08 Å². The molecule has 1 saturated heterocycles. The molecule has 0 radical (unpaired) electrons. The molecule has 3 amide bonds. The van der Waals surface area contributed by atoms with Crippen molar-refractivity contribution in [3.8, 4) is 5.75 Å². The molecular formula is C24H28N2O4S. The first kappa shape index (κ1) is 20.6. The lowest BCUT2D eigenvalue weighted by molar-refractivity contribution is -0.127. The third kappa shape index (κ3) is 3.67. The van der Waals surface area contributed by atoms with E-state index in [0.29, 0.717) is 17.3 Å². The minimum atomic E-state index is -0.706. The molecule has 164 valence electrons. The first-order valence-corrected chi connectivity index (χ1v) is 12.0. The maximum Gasteiger partial charge on any atom is 0.294 e.